The van der Waals surface area contributed by atoms with Crippen molar-refractivity contribution in [1.82, 2.24) is 0 Å². The molecule has 232 valence electrons. The minimum Gasteiger partial charge on any atom is -0.134 e. The van der Waals surface area contributed by atoms with E-state index in [0.29, 0.717) is 0 Å². The minimum atomic E-state index is 1.23. The molecule has 0 radical (unpaired) electrons. The predicted octanol–water partition coefficient (Wildman–Crippen LogP) is 14.9. The maximum absolute atomic E-state index is 2.44. The Morgan fingerprint density at radius 2 is 0.760 bits per heavy atom. The molecule has 9 aromatic carbocycles. The molecule has 0 unspecified atom stereocenters. The smallest absolute Gasteiger partial charge is 0.0455 e. The average Bonchev–Trinajstić information content (AvgIpc) is 3.76. The number of hydrogen-bond donors (Lipinski definition) is 0. The lowest BCUT2D eigenvalue weighted by Gasteiger charge is -2.18. The van der Waals surface area contributed by atoms with E-state index in [9.17, 15) is 0 Å². The van der Waals surface area contributed by atoms with Crippen molar-refractivity contribution < 1.29 is 0 Å². The Labute approximate surface area is 297 Å². The van der Waals surface area contributed by atoms with E-state index < -0.39 is 0 Å². The molecule has 11 rings (SSSR count). The van der Waals surface area contributed by atoms with Crippen molar-refractivity contribution in [2.75, 3.05) is 0 Å². The first-order chi connectivity index (χ1) is 24.8. The van der Waals surface area contributed by atoms with Gasteiger partial charge in [0.15, 0.2) is 0 Å². The molecule has 11 aromatic rings. The van der Waals surface area contributed by atoms with E-state index in [1.54, 1.807) is 0 Å². The average molecular weight is 669 g/mol. The highest BCUT2D eigenvalue weighted by atomic mass is 32.1. The predicted molar refractivity (Wildman–Crippen MR) is 221 cm³/mol. The Kier molecular flexibility index (Phi) is 6.09. The van der Waals surface area contributed by atoms with Crippen molar-refractivity contribution in [2.24, 2.45) is 0 Å². The van der Waals surface area contributed by atoms with Crippen LogP contribution in [-0.4, -0.2) is 0 Å². The summed E-state index contributed by atoms with van der Waals surface area (Å²) >= 11 is 3.86. The van der Waals surface area contributed by atoms with Crippen molar-refractivity contribution >= 4 is 95.3 Å². The normalized spacial score (nSPS) is 12.0. The zero-order valence-electron chi connectivity index (χ0n) is 27.0. The molecular weight excluding hydrogens is 641 g/mol. The second-order valence-corrected chi connectivity index (χ2v) is 15.3. The van der Waals surface area contributed by atoms with Gasteiger partial charge >= 0.3 is 0 Å². The molecule has 0 spiro atoms. The summed E-state index contributed by atoms with van der Waals surface area (Å²) in [5, 5.41) is 13.3. The van der Waals surface area contributed by atoms with Gasteiger partial charge in [-0.1, -0.05) is 146 Å². The van der Waals surface area contributed by atoms with Crippen LogP contribution >= 0.6 is 22.7 Å². The van der Waals surface area contributed by atoms with Gasteiger partial charge in [-0.3, -0.25) is 0 Å². The van der Waals surface area contributed by atoms with Crippen LogP contribution in [0, 0.1) is 0 Å². The van der Waals surface area contributed by atoms with Gasteiger partial charge < -0.3 is 0 Å². The van der Waals surface area contributed by atoms with Gasteiger partial charge in [-0.25, -0.2) is 0 Å². The first-order valence-electron chi connectivity index (χ1n) is 17.1. The molecule has 0 amide bonds. The zero-order chi connectivity index (χ0) is 32.8. The lowest BCUT2D eigenvalue weighted by molar-refractivity contribution is 1.63. The standard InChI is InChI=1S/C48H28S2/c1-2-13-29(14-3-1)43-33-17-4-6-19-35(33)44(36-20-7-5-18-34(36)43)32-16-12-15-30(27-32)31-25-26-42-40(28-31)45-37-21-8-9-22-38(37)47-46(48(45)50-42)39-23-10-11-24-41(39)49-47/h1-28H. The number of thiophene rings is 2. The molecule has 0 saturated carbocycles. The van der Waals surface area contributed by atoms with Crippen LogP contribution in [0.3, 0.4) is 0 Å². The first kappa shape index (κ1) is 28.1. The Balaban J connectivity index is 1.16. The third-order valence-electron chi connectivity index (χ3n) is 10.4. The number of fused-ring (bicyclic) bond motifs is 12. The summed E-state index contributed by atoms with van der Waals surface area (Å²) in [6, 6.07) is 62.8. The molecule has 0 fully saturated rings. The Morgan fingerprint density at radius 1 is 0.260 bits per heavy atom. The minimum absolute atomic E-state index is 1.23. The molecule has 2 aromatic heterocycles. The van der Waals surface area contributed by atoms with Gasteiger partial charge in [0.05, 0.1) is 0 Å². The van der Waals surface area contributed by atoms with Crippen molar-refractivity contribution in [3.63, 3.8) is 0 Å². The summed E-state index contributed by atoms with van der Waals surface area (Å²) in [5.41, 5.74) is 7.55. The third kappa shape index (κ3) is 4.04. The molecule has 0 bridgehead atoms. The van der Waals surface area contributed by atoms with Crippen molar-refractivity contribution in [2.45, 2.75) is 0 Å². The lowest BCUT2D eigenvalue weighted by Crippen LogP contribution is -1.91. The van der Waals surface area contributed by atoms with Crippen molar-refractivity contribution in [3.8, 4) is 33.4 Å². The van der Waals surface area contributed by atoms with Crippen molar-refractivity contribution in [3.05, 3.63) is 170 Å². The second kappa shape index (κ2) is 10.9. The van der Waals surface area contributed by atoms with E-state index in [1.807, 2.05) is 22.7 Å². The van der Waals surface area contributed by atoms with Crippen LogP contribution in [0.5, 0.6) is 0 Å². The highest BCUT2D eigenvalue weighted by Crippen LogP contribution is 2.50. The summed E-state index contributed by atoms with van der Waals surface area (Å²) in [5.74, 6) is 0. The van der Waals surface area contributed by atoms with E-state index in [4.69, 9.17) is 0 Å². The molecule has 0 aliphatic heterocycles. The molecule has 0 aliphatic carbocycles. The van der Waals surface area contributed by atoms with Gasteiger partial charge in [0, 0.05) is 45.7 Å². The third-order valence-corrected chi connectivity index (χ3v) is 12.8. The van der Waals surface area contributed by atoms with Crippen LogP contribution in [0.2, 0.25) is 0 Å². The first-order valence-corrected chi connectivity index (χ1v) is 18.7. The molecule has 0 atom stereocenters. The van der Waals surface area contributed by atoms with Gasteiger partial charge in [-0.15, -0.1) is 22.7 Å². The summed E-state index contributed by atoms with van der Waals surface area (Å²) in [7, 11) is 0. The highest BCUT2D eigenvalue weighted by molar-refractivity contribution is 7.30. The molecule has 2 heteroatoms. The quantitative estimate of drug-likeness (QED) is 0.164. The van der Waals surface area contributed by atoms with Crippen LogP contribution in [0.4, 0.5) is 0 Å². The largest absolute Gasteiger partial charge is 0.134 e. The molecule has 0 saturated heterocycles. The summed E-state index contributed by atoms with van der Waals surface area (Å²) in [6.45, 7) is 0. The second-order valence-electron chi connectivity index (χ2n) is 13.2. The topological polar surface area (TPSA) is 0 Å². The summed E-state index contributed by atoms with van der Waals surface area (Å²) in [6.07, 6.45) is 0. The Hall–Kier alpha value is -5.80. The fourth-order valence-electron chi connectivity index (χ4n) is 8.29. The van der Waals surface area contributed by atoms with Crippen LogP contribution < -0.4 is 0 Å². The van der Waals surface area contributed by atoms with E-state index in [1.165, 1.54) is 106 Å². The van der Waals surface area contributed by atoms with Crippen LogP contribution in [-0.2, 0) is 0 Å². The van der Waals surface area contributed by atoms with E-state index >= 15 is 0 Å². The molecule has 0 aliphatic rings. The Bertz CT molecular complexity index is 3080. The highest BCUT2D eigenvalue weighted by Gasteiger charge is 2.20. The lowest BCUT2D eigenvalue weighted by atomic mass is 9.85. The van der Waals surface area contributed by atoms with Gasteiger partial charge in [0.25, 0.3) is 0 Å². The molecule has 0 nitrogen and oxygen atoms in total. The van der Waals surface area contributed by atoms with Crippen LogP contribution in [0.1, 0.15) is 0 Å². The fraction of sp³-hybridized carbons (Fsp3) is 0. The van der Waals surface area contributed by atoms with E-state index in [-0.39, 0.29) is 0 Å². The van der Waals surface area contributed by atoms with Crippen LogP contribution in [0.25, 0.3) is 106 Å². The van der Waals surface area contributed by atoms with E-state index in [0.717, 1.165) is 0 Å². The molecule has 50 heavy (non-hydrogen) atoms. The number of benzene rings is 9. The molecule has 0 N–H and O–H groups in total. The van der Waals surface area contributed by atoms with E-state index in [2.05, 4.69) is 170 Å². The zero-order valence-corrected chi connectivity index (χ0v) is 28.6. The SMILES string of the molecule is c1ccc(-c2c3ccccc3c(-c3cccc(-c4ccc5sc6c(c5c4)c4ccccc4c4sc5ccccc5c46)c3)c3ccccc23)cc1. The van der Waals surface area contributed by atoms with Gasteiger partial charge in [-0.2, -0.15) is 0 Å². The van der Waals surface area contributed by atoms with Gasteiger partial charge in [-0.05, 0) is 84.6 Å². The van der Waals surface area contributed by atoms with Crippen molar-refractivity contribution in [1.29, 1.82) is 0 Å². The Morgan fingerprint density at radius 3 is 1.48 bits per heavy atom. The van der Waals surface area contributed by atoms with Crippen LogP contribution in [0.15, 0.2) is 170 Å². The molecule has 2 heterocycles. The maximum Gasteiger partial charge on any atom is 0.0455 e. The van der Waals surface area contributed by atoms with Gasteiger partial charge in [0.1, 0.15) is 0 Å². The summed E-state index contributed by atoms with van der Waals surface area (Å²) in [4.78, 5) is 0. The molecular formula is C48H28S2. The summed E-state index contributed by atoms with van der Waals surface area (Å²) < 4.78 is 5.48. The fourth-order valence-corrected chi connectivity index (χ4v) is 10.9. The maximum atomic E-state index is 2.44. The monoisotopic (exact) mass is 668 g/mol. The number of hydrogen-bond acceptors (Lipinski definition) is 2. The van der Waals surface area contributed by atoms with Gasteiger partial charge in [0.2, 0.25) is 0 Å². The number of rotatable bonds is 3.